The van der Waals surface area contributed by atoms with Crippen molar-refractivity contribution in [2.24, 2.45) is 0 Å². The Kier molecular flexibility index (Phi) is 7.28. The number of hydrogen-bond acceptors (Lipinski definition) is 12. The third-order valence-electron chi connectivity index (χ3n) is 8.47. The topological polar surface area (TPSA) is 151 Å². The number of allylic oxidation sites excluding steroid dienone is 1. The van der Waals surface area contributed by atoms with Gasteiger partial charge in [0, 0.05) is 21.0 Å². The molecular formula is C35H24N8O3S2. The molecule has 0 unspecified atom stereocenters. The lowest BCUT2D eigenvalue weighted by atomic mass is 10.1. The molecule has 48 heavy (non-hydrogen) atoms. The van der Waals surface area contributed by atoms with Gasteiger partial charge in [-0.2, -0.15) is 15.8 Å². The highest BCUT2D eigenvalue weighted by atomic mass is 32.2. The number of carbonyl (C=O) groups excluding carboxylic acids is 1. The van der Waals surface area contributed by atoms with Crippen molar-refractivity contribution in [3.05, 3.63) is 97.1 Å². The smallest absolute Gasteiger partial charge is 0.267 e. The Morgan fingerprint density at radius 3 is 2.19 bits per heavy atom. The fraction of sp³-hybridized carbons (Fsp3) is 0.143. The highest BCUT2D eigenvalue weighted by Crippen LogP contribution is 2.59. The predicted octanol–water partition coefficient (Wildman–Crippen LogP) is 5.22. The van der Waals surface area contributed by atoms with Crippen molar-refractivity contribution in [2.45, 2.75) is 23.6 Å². The van der Waals surface area contributed by atoms with Crippen molar-refractivity contribution in [2.75, 3.05) is 36.3 Å². The van der Waals surface area contributed by atoms with Gasteiger partial charge in [-0.3, -0.25) is 14.0 Å². The summed E-state index contributed by atoms with van der Waals surface area (Å²) < 4.78 is 6.93. The summed E-state index contributed by atoms with van der Waals surface area (Å²) in [5.41, 5.74) is 4.26. The minimum absolute atomic E-state index is 0.246. The van der Waals surface area contributed by atoms with Crippen LogP contribution in [0.15, 0.2) is 73.8 Å². The van der Waals surface area contributed by atoms with Crippen LogP contribution >= 0.6 is 23.5 Å². The molecule has 0 amide bonds. The van der Waals surface area contributed by atoms with E-state index in [1.807, 2.05) is 18.2 Å². The molecule has 0 aliphatic carbocycles. The molecule has 2 aliphatic heterocycles. The molecule has 0 saturated heterocycles. The van der Waals surface area contributed by atoms with Gasteiger partial charge in [0.15, 0.2) is 11.4 Å². The van der Waals surface area contributed by atoms with E-state index >= 15 is 0 Å². The molecule has 13 heteroatoms. The molecule has 234 valence electrons. The largest absolute Gasteiger partial charge is 0.495 e. The van der Waals surface area contributed by atoms with E-state index in [9.17, 15) is 25.4 Å². The molecule has 0 bridgehead atoms. The Hall–Kier alpha value is -5.94. The molecule has 0 saturated carbocycles. The first kappa shape index (κ1) is 30.7. The number of carbonyl (C=O) groups is 1. The number of ether oxygens (including phenoxy) is 1. The highest BCUT2D eigenvalue weighted by Gasteiger charge is 2.40. The molecule has 0 fully saturated rings. The first-order chi connectivity index (χ1) is 23.2. The van der Waals surface area contributed by atoms with Crippen LogP contribution in [-0.2, 0) is 4.79 Å². The van der Waals surface area contributed by atoms with Crippen molar-refractivity contribution < 1.29 is 9.53 Å². The van der Waals surface area contributed by atoms with E-state index in [1.165, 1.54) is 34.8 Å². The fourth-order valence-electron chi connectivity index (χ4n) is 6.22. The molecule has 1 N–H and O–H groups in total. The maximum Gasteiger partial charge on any atom is 0.267 e. The molecular weight excluding hydrogens is 645 g/mol. The number of ketones is 1. The summed E-state index contributed by atoms with van der Waals surface area (Å²) >= 11 is 2.43. The average Bonchev–Trinajstić information content (AvgIpc) is 3.74. The van der Waals surface area contributed by atoms with Gasteiger partial charge in [0.05, 0.1) is 71.9 Å². The molecule has 0 atom stereocenters. The van der Waals surface area contributed by atoms with E-state index in [1.54, 1.807) is 68.3 Å². The normalized spacial score (nSPS) is 15.5. The van der Waals surface area contributed by atoms with Crippen LogP contribution in [0.3, 0.4) is 0 Å². The SMILES string of the molecule is COc1ccccc1N/C(C(C)=O)=C1/Sc2c(C#N)c3c(c(C#N)c2N1C)S/C(=c1/c(C)c(C#N)c2nc4ccccc4n2c1=O)N3C. The number of fused-ring (bicyclic) bond motifs is 5. The Labute approximate surface area is 282 Å². The van der Waals surface area contributed by atoms with Gasteiger partial charge in [-0.15, -0.1) is 0 Å². The number of nitrogens with one attached hydrogen (secondary N) is 1. The maximum atomic E-state index is 14.3. The van der Waals surface area contributed by atoms with Crippen LogP contribution in [0, 0.1) is 40.9 Å². The van der Waals surface area contributed by atoms with E-state index < -0.39 is 0 Å². The molecule has 2 aliphatic rings. The number of hydrogen-bond donors (Lipinski definition) is 1. The van der Waals surface area contributed by atoms with Crippen LogP contribution < -0.4 is 30.6 Å². The molecule has 0 spiro atoms. The zero-order valence-electron chi connectivity index (χ0n) is 26.3. The zero-order valence-corrected chi connectivity index (χ0v) is 27.9. The summed E-state index contributed by atoms with van der Waals surface area (Å²) in [6, 6.07) is 21.3. The first-order valence-electron chi connectivity index (χ1n) is 14.6. The maximum absolute atomic E-state index is 14.3. The van der Waals surface area contributed by atoms with Gasteiger partial charge in [0.1, 0.15) is 34.7 Å². The Morgan fingerprint density at radius 2 is 1.52 bits per heavy atom. The summed E-state index contributed by atoms with van der Waals surface area (Å²) in [7, 11) is 5.04. The Balaban J connectivity index is 1.46. The van der Waals surface area contributed by atoms with Gasteiger partial charge < -0.3 is 19.9 Å². The molecule has 4 heterocycles. The number of rotatable bonds is 4. The van der Waals surface area contributed by atoms with Gasteiger partial charge >= 0.3 is 0 Å². The average molecular weight is 669 g/mol. The van der Waals surface area contributed by atoms with Crippen LogP contribution in [-0.4, -0.2) is 36.4 Å². The summed E-state index contributed by atoms with van der Waals surface area (Å²) in [6.07, 6.45) is 0. The number of nitriles is 3. The van der Waals surface area contributed by atoms with Crippen LogP contribution in [0.2, 0.25) is 0 Å². The summed E-state index contributed by atoms with van der Waals surface area (Å²) in [5, 5.41) is 35.9. The second-order valence-corrected chi connectivity index (χ2v) is 13.1. The third kappa shape index (κ3) is 4.24. The predicted molar refractivity (Wildman–Crippen MR) is 186 cm³/mol. The van der Waals surface area contributed by atoms with Gasteiger partial charge in [0.2, 0.25) is 0 Å². The summed E-state index contributed by atoms with van der Waals surface area (Å²) in [6.45, 7) is 3.16. The lowest BCUT2D eigenvalue weighted by Gasteiger charge is -2.20. The molecule has 3 aromatic carbocycles. The number of methoxy groups -OCH3 is 1. The van der Waals surface area contributed by atoms with Crippen molar-refractivity contribution >= 4 is 68.1 Å². The van der Waals surface area contributed by atoms with Gasteiger partial charge in [-0.25, -0.2) is 4.98 Å². The number of aromatic nitrogens is 2. The summed E-state index contributed by atoms with van der Waals surface area (Å²) in [4.78, 5) is 36.4. The monoisotopic (exact) mass is 668 g/mol. The van der Waals surface area contributed by atoms with Crippen molar-refractivity contribution in [1.29, 1.82) is 15.8 Å². The van der Waals surface area contributed by atoms with Crippen molar-refractivity contribution in [3.63, 3.8) is 0 Å². The lowest BCUT2D eigenvalue weighted by Crippen LogP contribution is -2.38. The fourth-order valence-corrected chi connectivity index (χ4v) is 8.86. The quantitative estimate of drug-likeness (QED) is 0.250. The van der Waals surface area contributed by atoms with Gasteiger partial charge in [0.25, 0.3) is 5.56 Å². The second-order valence-electron chi connectivity index (χ2n) is 11.1. The minimum atomic E-state index is -0.355. The van der Waals surface area contributed by atoms with Crippen LogP contribution in [0.4, 0.5) is 17.1 Å². The van der Waals surface area contributed by atoms with Crippen LogP contribution in [0.25, 0.3) is 21.7 Å². The van der Waals surface area contributed by atoms with E-state index in [4.69, 9.17) is 4.74 Å². The number of benzene rings is 3. The van der Waals surface area contributed by atoms with E-state index in [0.29, 0.717) is 75.6 Å². The number of para-hydroxylation sites is 4. The van der Waals surface area contributed by atoms with Crippen molar-refractivity contribution in [1.82, 2.24) is 9.38 Å². The molecule has 2 aromatic heterocycles. The van der Waals surface area contributed by atoms with E-state index in [-0.39, 0.29) is 28.3 Å². The Bertz CT molecular complexity index is 2560. The van der Waals surface area contributed by atoms with Crippen LogP contribution in [0.1, 0.15) is 29.2 Å². The second kappa shape index (κ2) is 11.4. The Morgan fingerprint density at radius 1 is 0.896 bits per heavy atom. The first-order valence-corrected chi connectivity index (χ1v) is 16.2. The number of Topliss-reactive ketones (excluding diaryl/α,β-unsaturated/α-hetero) is 1. The van der Waals surface area contributed by atoms with Crippen LogP contribution in [0.5, 0.6) is 5.75 Å². The van der Waals surface area contributed by atoms with E-state index in [2.05, 4.69) is 28.5 Å². The number of pyridine rings is 1. The third-order valence-corrected chi connectivity index (χ3v) is 11.0. The number of imidazole rings is 1. The molecule has 11 nitrogen and oxygen atoms in total. The highest BCUT2D eigenvalue weighted by molar-refractivity contribution is 8.08. The molecule has 5 aromatic rings. The van der Waals surface area contributed by atoms with Gasteiger partial charge in [-0.1, -0.05) is 47.8 Å². The van der Waals surface area contributed by atoms with Gasteiger partial charge in [-0.05, 0) is 36.8 Å². The standard InChI is InChI=1S/C35H24N8O3S2/c1-17-19(14-36)32-40-22-10-6-8-12-24(22)43(32)33(45)26(17)34-41(3)28-20(15-37)31-29(21(16-38)30(28)47-34)42(4)35(48-31)27(18(2)44)39-23-11-7-9-13-25(23)46-5/h6-13,39H,1-5H3/b34-26-,35-27+. The van der Waals surface area contributed by atoms with Crippen molar-refractivity contribution in [3.8, 4) is 24.0 Å². The zero-order chi connectivity index (χ0) is 34.0. The summed E-state index contributed by atoms with van der Waals surface area (Å²) in [5.74, 6) is 0.300. The lowest BCUT2D eigenvalue weighted by molar-refractivity contribution is -0.113. The van der Waals surface area contributed by atoms with E-state index in [0.717, 1.165) is 0 Å². The minimum Gasteiger partial charge on any atom is -0.495 e. The number of nitrogens with zero attached hydrogens (tertiary/aromatic N) is 7. The molecule has 0 radical (unpaired) electrons. The molecule has 7 rings (SSSR count). The number of anilines is 3. The number of thioether (sulfide) groups is 2.